The van der Waals surface area contributed by atoms with Gasteiger partial charge in [-0.05, 0) is 23.9 Å². The summed E-state index contributed by atoms with van der Waals surface area (Å²) < 4.78 is 35.4. The standard InChI is InChI=1S/C10H9F3N2O3S/c11-10(12,13)19-4-3-14-8(16)6-1-2-7(9(17)18)15-5-6/h1-2,5H,3-4H2,(H,14,16)(H,17,18). The number of rotatable bonds is 5. The Morgan fingerprint density at radius 1 is 1.37 bits per heavy atom. The van der Waals surface area contributed by atoms with Crippen molar-refractivity contribution in [3.05, 3.63) is 29.6 Å². The third-order valence-electron chi connectivity index (χ3n) is 1.90. The second-order valence-electron chi connectivity index (χ2n) is 3.29. The largest absolute Gasteiger partial charge is 0.477 e. The maximum Gasteiger partial charge on any atom is 0.441 e. The number of hydrogen-bond donors (Lipinski definition) is 2. The van der Waals surface area contributed by atoms with Gasteiger partial charge in [-0.1, -0.05) is 0 Å². The molecule has 0 aliphatic heterocycles. The van der Waals surface area contributed by atoms with Crippen LogP contribution in [0.25, 0.3) is 0 Å². The Morgan fingerprint density at radius 2 is 2.05 bits per heavy atom. The van der Waals surface area contributed by atoms with Gasteiger partial charge in [0.2, 0.25) is 0 Å². The van der Waals surface area contributed by atoms with E-state index in [1.165, 1.54) is 6.07 Å². The van der Waals surface area contributed by atoms with Gasteiger partial charge >= 0.3 is 11.5 Å². The van der Waals surface area contributed by atoms with E-state index in [2.05, 4.69) is 10.3 Å². The summed E-state index contributed by atoms with van der Waals surface area (Å²) in [5, 5.41) is 10.9. The van der Waals surface area contributed by atoms with Gasteiger partial charge in [0.15, 0.2) is 0 Å². The number of carboxylic acids is 1. The molecular formula is C10H9F3N2O3S. The van der Waals surface area contributed by atoms with Gasteiger partial charge in [0.25, 0.3) is 5.91 Å². The molecule has 0 aromatic carbocycles. The minimum absolute atomic E-state index is 0.0852. The van der Waals surface area contributed by atoms with Crippen molar-refractivity contribution in [2.75, 3.05) is 12.3 Å². The first kappa shape index (κ1) is 15.3. The van der Waals surface area contributed by atoms with Gasteiger partial charge in [-0.25, -0.2) is 9.78 Å². The van der Waals surface area contributed by atoms with Crippen molar-refractivity contribution in [1.82, 2.24) is 10.3 Å². The lowest BCUT2D eigenvalue weighted by Crippen LogP contribution is -2.26. The Morgan fingerprint density at radius 3 is 2.53 bits per heavy atom. The lowest BCUT2D eigenvalue weighted by molar-refractivity contribution is -0.0327. The zero-order chi connectivity index (χ0) is 14.5. The molecule has 0 radical (unpaired) electrons. The van der Waals surface area contributed by atoms with E-state index in [0.717, 1.165) is 12.3 Å². The number of hydrogen-bond acceptors (Lipinski definition) is 4. The average molecular weight is 294 g/mol. The predicted octanol–water partition coefficient (Wildman–Crippen LogP) is 1.76. The first-order valence-corrected chi connectivity index (χ1v) is 5.96. The Labute approximate surface area is 110 Å². The zero-order valence-electron chi connectivity index (χ0n) is 9.40. The molecule has 5 nitrogen and oxygen atoms in total. The van der Waals surface area contributed by atoms with E-state index < -0.39 is 17.4 Å². The number of amides is 1. The van der Waals surface area contributed by atoms with Crippen LogP contribution in [0.4, 0.5) is 13.2 Å². The average Bonchev–Trinajstić information content (AvgIpc) is 2.33. The van der Waals surface area contributed by atoms with Gasteiger partial charge in [-0.15, -0.1) is 0 Å². The summed E-state index contributed by atoms with van der Waals surface area (Å²) in [6, 6.07) is 2.38. The van der Waals surface area contributed by atoms with Crippen molar-refractivity contribution in [1.29, 1.82) is 0 Å². The van der Waals surface area contributed by atoms with E-state index in [-0.39, 0.29) is 35.3 Å². The van der Waals surface area contributed by atoms with Gasteiger partial charge in [0, 0.05) is 18.5 Å². The highest BCUT2D eigenvalue weighted by Crippen LogP contribution is 2.29. The van der Waals surface area contributed by atoms with E-state index in [0.29, 0.717) is 0 Å². The van der Waals surface area contributed by atoms with Crippen LogP contribution in [0.15, 0.2) is 18.3 Å². The van der Waals surface area contributed by atoms with Gasteiger partial charge in [0.1, 0.15) is 5.69 Å². The first-order chi connectivity index (χ1) is 8.79. The molecule has 1 rings (SSSR count). The van der Waals surface area contributed by atoms with Crippen LogP contribution in [0.5, 0.6) is 0 Å². The van der Waals surface area contributed by atoms with Crippen molar-refractivity contribution in [3.8, 4) is 0 Å². The fourth-order valence-electron chi connectivity index (χ4n) is 1.09. The highest BCUT2D eigenvalue weighted by Gasteiger charge is 2.27. The summed E-state index contributed by atoms with van der Waals surface area (Å²) in [6.45, 7) is -0.149. The van der Waals surface area contributed by atoms with Crippen LogP contribution in [-0.4, -0.2) is 39.8 Å². The Balaban J connectivity index is 2.43. The van der Waals surface area contributed by atoms with Crippen LogP contribution in [-0.2, 0) is 0 Å². The number of nitrogens with one attached hydrogen (secondary N) is 1. The summed E-state index contributed by atoms with van der Waals surface area (Å²) in [6.07, 6.45) is 1.05. The maximum atomic E-state index is 11.8. The fraction of sp³-hybridized carbons (Fsp3) is 0.300. The highest BCUT2D eigenvalue weighted by atomic mass is 32.2. The number of carboxylic acid groups (broad SMARTS) is 1. The Kier molecular flexibility index (Phi) is 5.16. The lowest BCUT2D eigenvalue weighted by atomic mass is 10.2. The quantitative estimate of drug-likeness (QED) is 0.809. The van der Waals surface area contributed by atoms with Gasteiger partial charge < -0.3 is 10.4 Å². The number of thioether (sulfide) groups is 1. The van der Waals surface area contributed by atoms with Gasteiger partial charge in [0.05, 0.1) is 5.56 Å². The molecule has 9 heteroatoms. The lowest BCUT2D eigenvalue weighted by Gasteiger charge is -2.07. The van der Waals surface area contributed by atoms with Gasteiger partial charge in [-0.3, -0.25) is 4.79 Å². The van der Waals surface area contributed by atoms with Crippen LogP contribution in [0.3, 0.4) is 0 Å². The molecule has 0 saturated heterocycles. The molecule has 0 saturated carbocycles. The van der Waals surface area contributed by atoms with Crippen molar-refractivity contribution >= 4 is 23.6 Å². The van der Waals surface area contributed by atoms with E-state index >= 15 is 0 Å². The minimum atomic E-state index is -4.32. The molecule has 19 heavy (non-hydrogen) atoms. The van der Waals surface area contributed by atoms with E-state index in [1.807, 2.05) is 0 Å². The second kappa shape index (κ2) is 6.41. The van der Waals surface area contributed by atoms with Gasteiger partial charge in [-0.2, -0.15) is 13.2 Å². The number of halogens is 3. The highest BCUT2D eigenvalue weighted by molar-refractivity contribution is 8.00. The third kappa shape index (κ3) is 5.60. The number of carbonyl (C=O) groups excluding carboxylic acids is 1. The summed E-state index contributed by atoms with van der Waals surface area (Å²) in [5.74, 6) is -2.13. The van der Waals surface area contributed by atoms with Crippen molar-refractivity contribution in [2.24, 2.45) is 0 Å². The van der Waals surface area contributed by atoms with Crippen LogP contribution in [0, 0.1) is 0 Å². The number of aromatic carboxylic acids is 1. The van der Waals surface area contributed by atoms with Crippen LogP contribution < -0.4 is 5.32 Å². The summed E-state index contributed by atoms with van der Waals surface area (Å²) in [4.78, 5) is 25.5. The Bertz CT molecular complexity index is 462. The number of pyridine rings is 1. The fourth-order valence-corrected chi connectivity index (χ4v) is 1.52. The SMILES string of the molecule is O=C(NCCSC(F)(F)F)c1ccc(C(=O)O)nc1. The second-order valence-corrected chi connectivity index (χ2v) is 4.45. The van der Waals surface area contributed by atoms with E-state index in [1.54, 1.807) is 0 Å². The maximum absolute atomic E-state index is 11.8. The molecule has 104 valence electrons. The molecule has 0 unspecified atom stereocenters. The van der Waals surface area contributed by atoms with E-state index in [4.69, 9.17) is 5.11 Å². The molecule has 1 heterocycles. The van der Waals surface area contributed by atoms with Crippen molar-refractivity contribution in [2.45, 2.75) is 5.51 Å². The summed E-state index contributed by atoms with van der Waals surface area (Å²) >= 11 is -0.231. The third-order valence-corrected chi connectivity index (χ3v) is 2.63. The molecule has 1 aromatic rings. The molecule has 2 N–H and O–H groups in total. The predicted molar refractivity (Wildman–Crippen MR) is 62.0 cm³/mol. The molecule has 1 aromatic heterocycles. The van der Waals surface area contributed by atoms with Crippen LogP contribution in [0.2, 0.25) is 0 Å². The number of aromatic nitrogens is 1. The van der Waals surface area contributed by atoms with Crippen molar-refractivity contribution in [3.63, 3.8) is 0 Å². The monoisotopic (exact) mass is 294 g/mol. The topological polar surface area (TPSA) is 79.3 Å². The van der Waals surface area contributed by atoms with Crippen LogP contribution in [0.1, 0.15) is 20.8 Å². The molecule has 0 bridgehead atoms. The number of alkyl halides is 3. The van der Waals surface area contributed by atoms with Crippen LogP contribution >= 0.6 is 11.8 Å². The first-order valence-electron chi connectivity index (χ1n) is 4.98. The molecule has 0 fully saturated rings. The smallest absolute Gasteiger partial charge is 0.441 e. The number of nitrogens with zero attached hydrogens (tertiary/aromatic N) is 1. The normalized spacial score (nSPS) is 11.1. The molecule has 0 atom stereocenters. The molecule has 1 amide bonds. The van der Waals surface area contributed by atoms with E-state index in [9.17, 15) is 22.8 Å². The summed E-state index contributed by atoms with van der Waals surface area (Å²) in [7, 11) is 0. The molecule has 0 spiro atoms. The Hall–Kier alpha value is -1.77. The number of carbonyl (C=O) groups is 2. The minimum Gasteiger partial charge on any atom is -0.477 e. The molecular weight excluding hydrogens is 285 g/mol. The van der Waals surface area contributed by atoms with Crippen molar-refractivity contribution < 1.29 is 27.9 Å². The summed E-state index contributed by atoms with van der Waals surface area (Å²) in [5.41, 5.74) is -4.46. The zero-order valence-corrected chi connectivity index (χ0v) is 10.2. The molecule has 0 aliphatic carbocycles. The molecule has 0 aliphatic rings.